The number of rotatable bonds is 4. The fourth-order valence-electron chi connectivity index (χ4n) is 2.25. The van der Waals surface area contributed by atoms with E-state index in [1.54, 1.807) is 11.3 Å². The highest BCUT2D eigenvalue weighted by Crippen LogP contribution is 2.21. The van der Waals surface area contributed by atoms with Gasteiger partial charge in [-0.25, -0.2) is 0 Å². The Morgan fingerprint density at radius 2 is 2.16 bits per heavy atom. The fourth-order valence-corrected chi connectivity index (χ4v) is 2.95. The molecule has 1 atom stereocenters. The second-order valence-corrected chi connectivity index (χ2v) is 5.51. The number of pyridine rings is 1. The van der Waals surface area contributed by atoms with Gasteiger partial charge in [0.25, 0.3) is 0 Å². The average Bonchev–Trinajstić information content (AvgIpc) is 2.97. The Hall–Kier alpha value is -1.71. The molecule has 2 nitrogen and oxygen atoms in total. The van der Waals surface area contributed by atoms with Crippen LogP contribution in [0.4, 0.5) is 0 Å². The van der Waals surface area contributed by atoms with Crippen LogP contribution in [0.25, 0.3) is 10.9 Å². The van der Waals surface area contributed by atoms with Crippen molar-refractivity contribution in [3.8, 4) is 0 Å². The molecule has 0 fully saturated rings. The van der Waals surface area contributed by atoms with Crippen molar-refractivity contribution in [2.45, 2.75) is 18.9 Å². The summed E-state index contributed by atoms with van der Waals surface area (Å²) in [6.45, 7) is 0. The Kier molecular flexibility index (Phi) is 3.58. The molecule has 3 rings (SSSR count). The molecule has 0 saturated carbocycles. The smallest absolute Gasteiger partial charge is 0.0702 e. The highest BCUT2D eigenvalue weighted by Gasteiger charge is 2.07. The fraction of sp³-hybridized carbons (Fsp3) is 0.188. The Bertz CT molecular complexity index is 661. The van der Waals surface area contributed by atoms with Crippen molar-refractivity contribution in [1.29, 1.82) is 0 Å². The minimum atomic E-state index is 0.0875. The molecule has 2 aromatic heterocycles. The molecule has 1 unspecified atom stereocenters. The van der Waals surface area contributed by atoms with E-state index in [0.717, 1.165) is 23.7 Å². The van der Waals surface area contributed by atoms with Gasteiger partial charge in [-0.3, -0.25) is 4.98 Å². The van der Waals surface area contributed by atoms with Crippen molar-refractivity contribution in [3.63, 3.8) is 0 Å². The number of hydrogen-bond donors (Lipinski definition) is 1. The number of benzene rings is 1. The number of hydrogen-bond acceptors (Lipinski definition) is 3. The third-order valence-corrected chi connectivity index (χ3v) is 4.11. The van der Waals surface area contributed by atoms with Crippen LogP contribution < -0.4 is 5.73 Å². The maximum atomic E-state index is 6.29. The minimum Gasteiger partial charge on any atom is -0.324 e. The number of fused-ring (bicyclic) bond motifs is 1. The predicted octanol–water partition coefficient (Wildman–Crippen LogP) is 3.93. The first-order valence-corrected chi connectivity index (χ1v) is 7.38. The monoisotopic (exact) mass is 268 g/mol. The van der Waals surface area contributed by atoms with Crippen molar-refractivity contribution in [2.24, 2.45) is 5.73 Å². The lowest BCUT2D eigenvalue weighted by Crippen LogP contribution is -2.11. The molecule has 96 valence electrons. The van der Waals surface area contributed by atoms with Crippen LogP contribution in [0.1, 0.15) is 23.6 Å². The van der Waals surface area contributed by atoms with Gasteiger partial charge in [0.2, 0.25) is 0 Å². The number of aromatic nitrogens is 1. The molecule has 0 aliphatic rings. The molecule has 0 aliphatic heterocycles. The van der Waals surface area contributed by atoms with Crippen molar-refractivity contribution >= 4 is 22.2 Å². The molecule has 0 amide bonds. The SMILES string of the molecule is NC(CCc1ccsc1)c1ccc2ncccc2c1. The van der Waals surface area contributed by atoms with E-state index in [2.05, 4.69) is 46.1 Å². The second-order valence-electron chi connectivity index (χ2n) is 4.73. The van der Waals surface area contributed by atoms with Crippen LogP contribution >= 0.6 is 11.3 Å². The van der Waals surface area contributed by atoms with Gasteiger partial charge in [-0.15, -0.1) is 0 Å². The van der Waals surface area contributed by atoms with E-state index in [4.69, 9.17) is 5.73 Å². The maximum Gasteiger partial charge on any atom is 0.0702 e. The lowest BCUT2D eigenvalue weighted by atomic mass is 9.99. The van der Waals surface area contributed by atoms with Crippen LogP contribution in [-0.2, 0) is 6.42 Å². The van der Waals surface area contributed by atoms with Crippen LogP contribution in [0.15, 0.2) is 53.4 Å². The topological polar surface area (TPSA) is 38.9 Å². The predicted molar refractivity (Wildman–Crippen MR) is 81.3 cm³/mol. The van der Waals surface area contributed by atoms with Crippen molar-refractivity contribution < 1.29 is 0 Å². The van der Waals surface area contributed by atoms with E-state index in [1.165, 1.54) is 11.1 Å². The molecule has 0 aliphatic carbocycles. The van der Waals surface area contributed by atoms with Gasteiger partial charge >= 0.3 is 0 Å². The summed E-state index contributed by atoms with van der Waals surface area (Å²) < 4.78 is 0. The third-order valence-electron chi connectivity index (χ3n) is 3.38. The van der Waals surface area contributed by atoms with Gasteiger partial charge < -0.3 is 5.73 Å². The number of nitrogens with two attached hydrogens (primary N) is 1. The van der Waals surface area contributed by atoms with Crippen molar-refractivity contribution in [2.75, 3.05) is 0 Å². The van der Waals surface area contributed by atoms with Gasteiger partial charge in [0, 0.05) is 17.6 Å². The highest BCUT2D eigenvalue weighted by molar-refractivity contribution is 7.07. The Morgan fingerprint density at radius 1 is 1.21 bits per heavy atom. The molecule has 1 aromatic carbocycles. The van der Waals surface area contributed by atoms with Crippen LogP contribution in [0.3, 0.4) is 0 Å². The van der Waals surface area contributed by atoms with E-state index < -0.39 is 0 Å². The van der Waals surface area contributed by atoms with Gasteiger partial charge in [0.1, 0.15) is 0 Å². The molecule has 0 bridgehead atoms. The molecular weight excluding hydrogens is 252 g/mol. The summed E-state index contributed by atoms with van der Waals surface area (Å²) in [5.41, 5.74) is 9.88. The third kappa shape index (κ3) is 2.83. The number of aryl methyl sites for hydroxylation is 1. The average molecular weight is 268 g/mol. The van der Waals surface area contributed by atoms with Crippen LogP contribution in [-0.4, -0.2) is 4.98 Å². The zero-order valence-electron chi connectivity index (χ0n) is 10.6. The molecule has 0 spiro atoms. The highest BCUT2D eigenvalue weighted by atomic mass is 32.1. The van der Waals surface area contributed by atoms with Gasteiger partial charge in [0.15, 0.2) is 0 Å². The van der Waals surface area contributed by atoms with Gasteiger partial charge in [-0.2, -0.15) is 11.3 Å². The molecule has 0 radical (unpaired) electrons. The van der Waals surface area contributed by atoms with E-state index in [9.17, 15) is 0 Å². The van der Waals surface area contributed by atoms with E-state index in [-0.39, 0.29) is 6.04 Å². The van der Waals surface area contributed by atoms with Gasteiger partial charge in [0.05, 0.1) is 5.52 Å². The molecule has 0 saturated heterocycles. The van der Waals surface area contributed by atoms with Crippen LogP contribution in [0.5, 0.6) is 0 Å². The van der Waals surface area contributed by atoms with Crippen LogP contribution in [0.2, 0.25) is 0 Å². The van der Waals surface area contributed by atoms with Crippen LogP contribution in [0, 0.1) is 0 Å². The van der Waals surface area contributed by atoms with E-state index >= 15 is 0 Å². The summed E-state index contributed by atoms with van der Waals surface area (Å²) in [6, 6.07) is 12.6. The summed E-state index contributed by atoms with van der Waals surface area (Å²) in [6.07, 6.45) is 3.83. The largest absolute Gasteiger partial charge is 0.324 e. The van der Waals surface area contributed by atoms with Gasteiger partial charge in [-0.05, 0) is 59.0 Å². The summed E-state index contributed by atoms with van der Waals surface area (Å²) in [7, 11) is 0. The lowest BCUT2D eigenvalue weighted by molar-refractivity contribution is 0.653. The summed E-state index contributed by atoms with van der Waals surface area (Å²) in [4.78, 5) is 4.33. The second kappa shape index (κ2) is 5.51. The summed E-state index contributed by atoms with van der Waals surface area (Å²) in [5.74, 6) is 0. The first-order chi connectivity index (χ1) is 9.33. The molecular formula is C16H16N2S. The van der Waals surface area contributed by atoms with E-state index in [1.807, 2.05) is 12.3 Å². The zero-order chi connectivity index (χ0) is 13.1. The summed E-state index contributed by atoms with van der Waals surface area (Å²) in [5, 5.41) is 5.46. The number of nitrogens with zero attached hydrogens (tertiary/aromatic N) is 1. The number of thiophene rings is 1. The zero-order valence-corrected chi connectivity index (χ0v) is 11.4. The molecule has 3 aromatic rings. The molecule has 2 N–H and O–H groups in total. The lowest BCUT2D eigenvalue weighted by Gasteiger charge is -2.12. The quantitative estimate of drug-likeness (QED) is 0.778. The Morgan fingerprint density at radius 3 is 3.00 bits per heavy atom. The van der Waals surface area contributed by atoms with Gasteiger partial charge in [-0.1, -0.05) is 12.1 Å². The van der Waals surface area contributed by atoms with Crippen molar-refractivity contribution in [1.82, 2.24) is 4.98 Å². The van der Waals surface area contributed by atoms with Crippen molar-refractivity contribution in [3.05, 3.63) is 64.5 Å². The molecule has 2 heterocycles. The molecule has 19 heavy (non-hydrogen) atoms. The first kappa shape index (κ1) is 12.3. The molecule has 3 heteroatoms. The Balaban J connectivity index is 1.75. The first-order valence-electron chi connectivity index (χ1n) is 6.44. The van der Waals surface area contributed by atoms with E-state index in [0.29, 0.717) is 0 Å². The standard InChI is InChI=1S/C16H16N2S/c17-15(5-3-12-7-9-19-11-12)13-4-6-16-14(10-13)2-1-8-18-16/h1-2,4,6-11,15H,3,5,17H2. The Labute approximate surface area is 116 Å². The minimum absolute atomic E-state index is 0.0875. The maximum absolute atomic E-state index is 6.29. The summed E-state index contributed by atoms with van der Waals surface area (Å²) >= 11 is 1.74. The normalized spacial score (nSPS) is 12.7.